The van der Waals surface area contributed by atoms with E-state index in [1.165, 1.54) is 22.9 Å². The van der Waals surface area contributed by atoms with Crippen LogP contribution in [0.15, 0.2) is 97.1 Å². The van der Waals surface area contributed by atoms with Crippen molar-refractivity contribution in [3.05, 3.63) is 120 Å². The molecule has 0 fully saturated rings. The van der Waals surface area contributed by atoms with E-state index in [1.54, 1.807) is 12.1 Å². The number of hydrogen-bond donors (Lipinski definition) is 2. The largest absolute Gasteiger partial charge is 0.508 e. The van der Waals surface area contributed by atoms with E-state index >= 15 is 0 Å². The van der Waals surface area contributed by atoms with Gasteiger partial charge in [-0.3, -0.25) is 9.59 Å². The van der Waals surface area contributed by atoms with Gasteiger partial charge >= 0.3 is 0 Å². The summed E-state index contributed by atoms with van der Waals surface area (Å²) in [7, 11) is 0. The lowest BCUT2D eigenvalue weighted by molar-refractivity contribution is -0.120. The second-order valence-corrected chi connectivity index (χ2v) is 10.3. The van der Waals surface area contributed by atoms with Gasteiger partial charge in [0.15, 0.2) is 0 Å². The molecular weight excluding hydrogens is 498 g/mol. The number of fused-ring (bicyclic) bond motifs is 6. The number of Topliss-reactive ketones (excluding diaryl/α,β-unsaturated/α-hetero) is 1. The van der Waals surface area contributed by atoms with E-state index < -0.39 is 5.92 Å². The van der Waals surface area contributed by atoms with Gasteiger partial charge in [0.25, 0.3) is 0 Å². The lowest BCUT2D eigenvalue weighted by Gasteiger charge is -2.26. The number of anilines is 1. The number of rotatable bonds is 4. The predicted octanol–water partition coefficient (Wildman–Crippen LogP) is 6.27. The molecule has 1 atom stereocenters. The number of ketones is 1. The molecule has 0 aliphatic heterocycles. The highest BCUT2D eigenvalue weighted by Crippen LogP contribution is 2.37. The third-order valence-corrected chi connectivity index (χ3v) is 7.78. The molecule has 2 N–H and O–H groups in total. The van der Waals surface area contributed by atoms with Crippen LogP contribution in [0, 0.1) is 0 Å². The minimum atomic E-state index is -0.487. The molecule has 194 valence electrons. The molecule has 0 spiro atoms. The zero-order chi connectivity index (χ0) is 27.2. The first-order valence-corrected chi connectivity index (χ1v) is 13.3. The third kappa shape index (κ3) is 4.24. The van der Waals surface area contributed by atoms with Gasteiger partial charge in [-0.05, 0) is 75.5 Å². The van der Waals surface area contributed by atoms with Crippen molar-refractivity contribution in [1.29, 1.82) is 0 Å². The maximum absolute atomic E-state index is 13.8. The number of amides is 1. The molecule has 7 rings (SSSR count). The van der Waals surface area contributed by atoms with Crippen LogP contribution >= 0.6 is 0 Å². The van der Waals surface area contributed by atoms with Crippen LogP contribution in [-0.2, 0) is 28.9 Å². The number of benzene rings is 5. The molecule has 1 heterocycles. The van der Waals surface area contributed by atoms with Crippen molar-refractivity contribution in [2.45, 2.75) is 25.2 Å². The lowest BCUT2D eigenvalue weighted by atomic mass is 9.78. The number of phenolic OH excluding ortho intramolecular Hbond substituents is 1. The standard InChI is InChI=1S/C34H25N3O3/c38-23-13-11-22(12-14-23)35-33(40)19-31-34(37-30-8-4-3-7-29(30)36-31)28-17-21-10-16-25-24-6-2-1-5-20(24)9-15-26(25)27(21)18-32(28)39/h1-16,28,38H,17-19H2,(H,35,40). The molecule has 0 radical (unpaired) electrons. The Morgan fingerprint density at radius 1 is 0.800 bits per heavy atom. The van der Waals surface area contributed by atoms with Gasteiger partial charge in [-0.15, -0.1) is 0 Å². The molecule has 40 heavy (non-hydrogen) atoms. The Hall–Kier alpha value is -5.10. The molecule has 1 aromatic heterocycles. The molecule has 6 heteroatoms. The van der Waals surface area contributed by atoms with Gasteiger partial charge in [0.2, 0.25) is 5.91 Å². The number of phenols is 1. The topological polar surface area (TPSA) is 92.2 Å². The van der Waals surface area contributed by atoms with E-state index in [0.29, 0.717) is 41.0 Å². The van der Waals surface area contributed by atoms with Gasteiger partial charge in [-0.1, -0.05) is 60.7 Å². The van der Waals surface area contributed by atoms with Gasteiger partial charge < -0.3 is 10.4 Å². The highest BCUT2D eigenvalue weighted by Gasteiger charge is 2.32. The van der Waals surface area contributed by atoms with E-state index in [1.807, 2.05) is 36.4 Å². The highest BCUT2D eigenvalue weighted by atomic mass is 16.3. The maximum atomic E-state index is 13.8. The summed E-state index contributed by atoms with van der Waals surface area (Å²) in [6.07, 6.45) is 0.800. The fourth-order valence-corrected chi connectivity index (χ4v) is 5.84. The van der Waals surface area contributed by atoms with E-state index in [-0.39, 0.29) is 23.9 Å². The quantitative estimate of drug-likeness (QED) is 0.210. The summed E-state index contributed by atoms with van der Waals surface area (Å²) in [5.74, 6) is -0.548. The van der Waals surface area contributed by atoms with E-state index in [9.17, 15) is 14.7 Å². The van der Waals surface area contributed by atoms with Gasteiger partial charge in [0, 0.05) is 12.1 Å². The first-order valence-electron chi connectivity index (χ1n) is 13.3. The Labute approximate surface area is 230 Å². The number of para-hydroxylation sites is 2. The number of nitrogens with one attached hydrogen (secondary N) is 1. The molecule has 0 saturated carbocycles. The average Bonchev–Trinajstić information content (AvgIpc) is 2.97. The van der Waals surface area contributed by atoms with Crippen molar-refractivity contribution in [2.75, 3.05) is 5.32 Å². The number of aromatic nitrogens is 2. The number of carbonyl (C=O) groups is 2. The molecule has 5 aromatic carbocycles. The summed E-state index contributed by atoms with van der Waals surface area (Å²) in [6.45, 7) is 0. The summed E-state index contributed by atoms with van der Waals surface area (Å²) >= 11 is 0. The van der Waals surface area contributed by atoms with Crippen molar-refractivity contribution in [2.24, 2.45) is 0 Å². The number of hydrogen-bond acceptors (Lipinski definition) is 5. The van der Waals surface area contributed by atoms with Gasteiger partial charge in [0.05, 0.1) is 34.8 Å². The molecule has 1 amide bonds. The molecule has 0 bridgehead atoms. The van der Waals surface area contributed by atoms with E-state index in [2.05, 4.69) is 41.7 Å². The van der Waals surface area contributed by atoms with Crippen LogP contribution in [0.3, 0.4) is 0 Å². The second-order valence-electron chi connectivity index (χ2n) is 10.3. The van der Waals surface area contributed by atoms with Gasteiger partial charge in [-0.2, -0.15) is 0 Å². The number of aromatic hydroxyl groups is 1. The third-order valence-electron chi connectivity index (χ3n) is 7.78. The van der Waals surface area contributed by atoms with Crippen molar-refractivity contribution in [3.63, 3.8) is 0 Å². The molecule has 1 aliphatic carbocycles. The van der Waals surface area contributed by atoms with Crippen molar-refractivity contribution < 1.29 is 14.7 Å². The molecule has 1 aliphatic rings. The zero-order valence-corrected chi connectivity index (χ0v) is 21.6. The van der Waals surface area contributed by atoms with Crippen molar-refractivity contribution in [1.82, 2.24) is 9.97 Å². The molecular formula is C34H25N3O3. The summed E-state index contributed by atoms with van der Waals surface area (Å²) in [6, 6.07) is 30.7. The molecule has 6 nitrogen and oxygen atoms in total. The van der Waals surface area contributed by atoms with Crippen LogP contribution in [0.25, 0.3) is 32.6 Å². The Kier molecular flexibility index (Phi) is 5.74. The van der Waals surface area contributed by atoms with Crippen LogP contribution in [0.1, 0.15) is 28.4 Å². The lowest BCUT2D eigenvalue weighted by Crippen LogP contribution is -2.27. The highest BCUT2D eigenvalue weighted by molar-refractivity contribution is 6.10. The van der Waals surface area contributed by atoms with E-state index in [4.69, 9.17) is 9.97 Å². The average molecular weight is 524 g/mol. The SMILES string of the molecule is O=C(Cc1nc2ccccc2nc1C1Cc2ccc3c(ccc4ccccc43)c2CC1=O)Nc1ccc(O)cc1. The first kappa shape index (κ1) is 24.0. The van der Waals surface area contributed by atoms with Crippen LogP contribution in [-0.4, -0.2) is 26.8 Å². The minimum Gasteiger partial charge on any atom is -0.508 e. The number of carbonyl (C=O) groups excluding carboxylic acids is 2. The summed E-state index contributed by atoms with van der Waals surface area (Å²) in [4.78, 5) is 36.5. The minimum absolute atomic E-state index is 0.0195. The summed E-state index contributed by atoms with van der Waals surface area (Å²) in [5.41, 5.74) is 5.22. The first-order chi connectivity index (χ1) is 19.5. The maximum Gasteiger partial charge on any atom is 0.230 e. The monoisotopic (exact) mass is 523 g/mol. The second kappa shape index (κ2) is 9.58. The van der Waals surface area contributed by atoms with Crippen LogP contribution in [0.5, 0.6) is 5.75 Å². The molecule has 6 aromatic rings. The predicted molar refractivity (Wildman–Crippen MR) is 157 cm³/mol. The fraction of sp³-hybridized carbons (Fsp3) is 0.118. The Bertz CT molecular complexity index is 1960. The van der Waals surface area contributed by atoms with Crippen LogP contribution < -0.4 is 5.32 Å². The van der Waals surface area contributed by atoms with Crippen molar-refractivity contribution >= 4 is 50.0 Å². The number of nitrogens with zero attached hydrogens (tertiary/aromatic N) is 2. The summed E-state index contributed by atoms with van der Waals surface area (Å²) in [5, 5.41) is 17.0. The smallest absolute Gasteiger partial charge is 0.230 e. The molecule has 1 unspecified atom stereocenters. The summed E-state index contributed by atoms with van der Waals surface area (Å²) < 4.78 is 0. The van der Waals surface area contributed by atoms with Gasteiger partial charge in [-0.25, -0.2) is 9.97 Å². The fourth-order valence-electron chi connectivity index (χ4n) is 5.84. The Morgan fingerprint density at radius 3 is 2.35 bits per heavy atom. The van der Waals surface area contributed by atoms with Gasteiger partial charge in [0.1, 0.15) is 11.5 Å². The zero-order valence-electron chi connectivity index (χ0n) is 21.6. The normalized spacial score (nSPS) is 14.9. The molecule has 0 saturated heterocycles. The van der Waals surface area contributed by atoms with Crippen molar-refractivity contribution in [3.8, 4) is 5.75 Å². The van der Waals surface area contributed by atoms with Crippen LogP contribution in [0.4, 0.5) is 5.69 Å². The Balaban J connectivity index is 1.27. The van der Waals surface area contributed by atoms with E-state index in [0.717, 1.165) is 21.9 Å². The van der Waals surface area contributed by atoms with Crippen LogP contribution in [0.2, 0.25) is 0 Å². The Morgan fingerprint density at radius 2 is 1.52 bits per heavy atom.